The highest BCUT2D eigenvalue weighted by atomic mass is 19.3. The van der Waals surface area contributed by atoms with Crippen molar-refractivity contribution in [3.63, 3.8) is 0 Å². The zero-order valence-electron chi connectivity index (χ0n) is 23.7. The van der Waals surface area contributed by atoms with Crippen LogP contribution in [0.2, 0.25) is 0 Å². The monoisotopic (exact) mass is 559 g/mol. The first-order valence-electron chi connectivity index (χ1n) is 14.3. The van der Waals surface area contributed by atoms with Crippen LogP contribution in [-0.4, -0.2) is 74.1 Å². The molecule has 8 nitrogen and oxygen atoms in total. The first-order valence-corrected chi connectivity index (χ1v) is 14.3. The largest absolute Gasteiger partial charge is 0.443 e. The van der Waals surface area contributed by atoms with Crippen LogP contribution in [0.15, 0.2) is 24.3 Å². The topological polar surface area (TPSA) is 92.1 Å². The molecular formula is C30H39F2N3O5. The SMILES string of the molecule is CC(O)CCN1C[C@H]2c3c(c4ccccc4n3C(=O)OC(C)(C)C)C[C@@H](C1=O)N2C(=O)CC1CCC(F)(F)CC1. The molecule has 0 radical (unpaired) electrons. The third-order valence-electron chi connectivity index (χ3n) is 8.38. The molecule has 5 rings (SSSR count). The van der Waals surface area contributed by atoms with Crippen LogP contribution in [0.1, 0.15) is 83.5 Å². The number of aliphatic hydroxyl groups is 1. The molecule has 2 aromatic rings. The molecule has 2 aliphatic heterocycles. The summed E-state index contributed by atoms with van der Waals surface area (Å²) in [4.78, 5) is 44.6. The molecule has 1 saturated heterocycles. The number of carbonyl (C=O) groups excluding carboxylic acids is 3. The van der Waals surface area contributed by atoms with Crippen molar-refractivity contribution in [3.8, 4) is 0 Å². The van der Waals surface area contributed by atoms with Gasteiger partial charge in [0.05, 0.1) is 23.4 Å². The molecule has 1 aliphatic carbocycles. The molecule has 1 aromatic carbocycles. The fourth-order valence-electron chi connectivity index (χ4n) is 6.47. The molecule has 3 aliphatic rings. The van der Waals surface area contributed by atoms with E-state index in [1.165, 1.54) is 0 Å². The number of carbonyl (C=O) groups is 3. The summed E-state index contributed by atoms with van der Waals surface area (Å²) in [5.41, 5.74) is 1.38. The second-order valence-electron chi connectivity index (χ2n) is 12.7. The van der Waals surface area contributed by atoms with Gasteiger partial charge in [0.15, 0.2) is 0 Å². The highest BCUT2D eigenvalue weighted by Crippen LogP contribution is 2.45. The van der Waals surface area contributed by atoms with E-state index in [0.29, 0.717) is 24.2 Å². The predicted octanol–water partition coefficient (Wildman–Crippen LogP) is 5.05. The van der Waals surface area contributed by atoms with Gasteiger partial charge in [-0.25, -0.2) is 18.1 Å². The molecule has 3 atom stereocenters. The number of halogens is 2. The minimum atomic E-state index is -2.69. The predicted molar refractivity (Wildman–Crippen MR) is 145 cm³/mol. The second-order valence-corrected chi connectivity index (χ2v) is 12.7. The summed E-state index contributed by atoms with van der Waals surface area (Å²) >= 11 is 0. The standard InChI is InChI=1S/C30H39F2N3O5/c1-18(36)11-14-33-17-24-26-21(20-7-5-6-8-22(20)35(26)28(39)40-29(2,3)4)16-23(27(33)38)34(24)25(37)15-19-9-12-30(31,32)13-10-19/h5-8,18-19,23-24,36H,9-17H2,1-4H3/t18?,23-,24-/m0/s1. The Morgan fingerprint density at radius 3 is 2.48 bits per heavy atom. The molecule has 2 bridgehead atoms. The molecule has 1 saturated carbocycles. The maximum Gasteiger partial charge on any atom is 0.419 e. The van der Waals surface area contributed by atoms with Gasteiger partial charge in [0, 0.05) is 44.2 Å². The van der Waals surface area contributed by atoms with Crippen molar-refractivity contribution in [2.75, 3.05) is 13.1 Å². The number of alkyl halides is 2. The van der Waals surface area contributed by atoms with E-state index in [1.807, 2.05) is 24.3 Å². The van der Waals surface area contributed by atoms with Crippen LogP contribution in [0.4, 0.5) is 13.6 Å². The van der Waals surface area contributed by atoms with Crippen LogP contribution >= 0.6 is 0 Å². The third kappa shape index (κ3) is 5.47. The minimum absolute atomic E-state index is 0.0893. The van der Waals surface area contributed by atoms with Crippen LogP contribution in [0.5, 0.6) is 0 Å². The summed E-state index contributed by atoms with van der Waals surface area (Å²) in [7, 11) is 0. The number of amides is 2. The van der Waals surface area contributed by atoms with E-state index in [-0.39, 0.29) is 62.8 Å². The van der Waals surface area contributed by atoms with E-state index in [2.05, 4.69) is 0 Å². The highest BCUT2D eigenvalue weighted by molar-refractivity contribution is 5.97. The lowest BCUT2D eigenvalue weighted by Gasteiger charge is -2.50. The van der Waals surface area contributed by atoms with Gasteiger partial charge in [-0.05, 0) is 64.5 Å². The Hall–Kier alpha value is -3.01. The number of fused-ring (bicyclic) bond motifs is 6. The molecule has 2 fully saturated rings. The Morgan fingerprint density at radius 2 is 1.82 bits per heavy atom. The van der Waals surface area contributed by atoms with Crippen molar-refractivity contribution >= 4 is 28.8 Å². The molecule has 40 heavy (non-hydrogen) atoms. The van der Waals surface area contributed by atoms with E-state index < -0.39 is 35.8 Å². The molecule has 3 heterocycles. The third-order valence-corrected chi connectivity index (χ3v) is 8.38. The fourth-order valence-corrected chi connectivity index (χ4v) is 6.47. The maximum atomic E-state index is 13.9. The van der Waals surface area contributed by atoms with Gasteiger partial charge in [-0.3, -0.25) is 9.59 Å². The van der Waals surface area contributed by atoms with Gasteiger partial charge in [0.1, 0.15) is 11.6 Å². The Kier molecular flexibility index (Phi) is 7.44. The van der Waals surface area contributed by atoms with Gasteiger partial charge in [-0.2, -0.15) is 0 Å². The molecule has 0 spiro atoms. The van der Waals surface area contributed by atoms with Crippen LogP contribution in [-0.2, 0) is 20.7 Å². The molecule has 1 aromatic heterocycles. The van der Waals surface area contributed by atoms with Crippen molar-refractivity contribution in [3.05, 3.63) is 35.5 Å². The van der Waals surface area contributed by atoms with Crippen molar-refractivity contribution in [1.82, 2.24) is 14.4 Å². The lowest BCUT2D eigenvalue weighted by molar-refractivity contribution is -0.159. The molecule has 218 valence electrons. The summed E-state index contributed by atoms with van der Waals surface area (Å²) in [6, 6.07) is 6.09. The lowest BCUT2D eigenvalue weighted by atomic mass is 9.82. The Labute approximate surface area is 233 Å². The zero-order valence-corrected chi connectivity index (χ0v) is 23.7. The molecule has 1 N–H and O–H groups in total. The minimum Gasteiger partial charge on any atom is -0.443 e. The van der Waals surface area contributed by atoms with Gasteiger partial charge < -0.3 is 19.6 Å². The van der Waals surface area contributed by atoms with Crippen molar-refractivity contribution in [2.24, 2.45) is 5.92 Å². The molecule has 1 unspecified atom stereocenters. The van der Waals surface area contributed by atoms with Gasteiger partial charge in [0.25, 0.3) is 0 Å². The number of hydrogen-bond donors (Lipinski definition) is 1. The van der Waals surface area contributed by atoms with Gasteiger partial charge in [-0.1, -0.05) is 18.2 Å². The van der Waals surface area contributed by atoms with Gasteiger partial charge in [0.2, 0.25) is 17.7 Å². The number of para-hydroxylation sites is 1. The van der Waals surface area contributed by atoms with E-state index in [9.17, 15) is 28.3 Å². The Balaban J connectivity index is 1.57. The van der Waals surface area contributed by atoms with Crippen LogP contribution in [0.3, 0.4) is 0 Å². The zero-order chi connectivity index (χ0) is 29.0. The Morgan fingerprint density at radius 1 is 1.15 bits per heavy atom. The first kappa shape index (κ1) is 28.5. The molecular weight excluding hydrogens is 520 g/mol. The smallest absolute Gasteiger partial charge is 0.419 e. The summed E-state index contributed by atoms with van der Waals surface area (Å²) in [5.74, 6) is -3.31. The number of aromatic nitrogens is 1. The van der Waals surface area contributed by atoms with E-state index in [1.54, 1.807) is 42.1 Å². The van der Waals surface area contributed by atoms with E-state index in [0.717, 1.165) is 10.9 Å². The lowest BCUT2D eigenvalue weighted by Crippen LogP contribution is -2.63. The number of piperazine rings is 1. The second kappa shape index (κ2) is 10.4. The summed E-state index contributed by atoms with van der Waals surface area (Å²) in [5, 5.41) is 10.7. The summed E-state index contributed by atoms with van der Waals surface area (Å²) in [6.45, 7) is 7.53. The van der Waals surface area contributed by atoms with Crippen LogP contribution < -0.4 is 0 Å². The number of nitrogens with zero attached hydrogens (tertiary/aromatic N) is 3. The van der Waals surface area contributed by atoms with Crippen LogP contribution in [0, 0.1) is 5.92 Å². The highest BCUT2D eigenvalue weighted by Gasteiger charge is 2.50. The average Bonchev–Trinajstić information content (AvgIpc) is 3.19. The quantitative estimate of drug-likeness (QED) is 0.554. The number of benzene rings is 1. The maximum absolute atomic E-state index is 13.9. The number of ether oxygens (including phenoxy) is 1. The first-order chi connectivity index (χ1) is 18.8. The summed E-state index contributed by atoms with van der Waals surface area (Å²) < 4.78 is 34.9. The van der Waals surface area contributed by atoms with E-state index >= 15 is 0 Å². The van der Waals surface area contributed by atoms with Crippen molar-refractivity contribution in [2.45, 2.75) is 102 Å². The Bertz CT molecular complexity index is 1300. The van der Waals surface area contributed by atoms with Crippen molar-refractivity contribution < 1.29 is 33.0 Å². The fraction of sp³-hybridized carbons (Fsp3) is 0.633. The number of rotatable bonds is 5. The number of aliphatic hydroxyl groups excluding tert-OH is 1. The molecule has 2 amide bonds. The number of hydrogen-bond acceptors (Lipinski definition) is 5. The summed E-state index contributed by atoms with van der Waals surface area (Å²) in [6.07, 6.45) is -0.385. The van der Waals surface area contributed by atoms with Crippen LogP contribution in [0.25, 0.3) is 10.9 Å². The van der Waals surface area contributed by atoms with Gasteiger partial charge in [-0.15, -0.1) is 0 Å². The van der Waals surface area contributed by atoms with Gasteiger partial charge >= 0.3 is 6.09 Å². The normalized spacial score (nSPS) is 23.7. The van der Waals surface area contributed by atoms with E-state index in [4.69, 9.17) is 4.74 Å². The average molecular weight is 560 g/mol. The van der Waals surface area contributed by atoms with Crippen molar-refractivity contribution in [1.29, 1.82) is 0 Å². The molecule has 10 heteroatoms.